The highest BCUT2D eigenvalue weighted by atomic mass is 16.4. The first-order valence-electron chi connectivity index (χ1n) is 4.27. The maximum absolute atomic E-state index is 11.0. The van der Waals surface area contributed by atoms with Crippen molar-refractivity contribution in [3.05, 3.63) is 41.5 Å². The molecule has 2 N–H and O–H groups in total. The normalized spacial score (nSPS) is 11.8. The number of hydrogen-bond donors (Lipinski definition) is 2. The van der Waals surface area contributed by atoms with Gasteiger partial charge in [-0.3, -0.25) is 4.79 Å². The largest absolute Gasteiger partial charge is 0.506 e. The number of aliphatic hydroxyl groups is 1. The van der Waals surface area contributed by atoms with Gasteiger partial charge in [0, 0.05) is 5.56 Å². The number of carbonyl (C=O) groups excluding carboxylic acids is 1. The van der Waals surface area contributed by atoms with Crippen LogP contribution in [0.25, 0.3) is 5.76 Å². The fourth-order valence-corrected chi connectivity index (χ4v) is 1.16. The van der Waals surface area contributed by atoms with Crippen LogP contribution in [0.15, 0.2) is 35.9 Å². The fourth-order valence-electron chi connectivity index (χ4n) is 1.16. The lowest BCUT2D eigenvalue weighted by Crippen LogP contribution is -2.11. The van der Waals surface area contributed by atoms with E-state index in [4.69, 9.17) is 5.11 Å². The van der Waals surface area contributed by atoms with Crippen LogP contribution in [0.5, 0.6) is 0 Å². The summed E-state index contributed by atoms with van der Waals surface area (Å²) in [7, 11) is 0. The summed E-state index contributed by atoms with van der Waals surface area (Å²) in [5, 5.41) is 18.3. The van der Waals surface area contributed by atoms with Gasteiger partial charge in [0.2, 0.25) is 0 Å². The summed E-state index contributed by atoms with van der Waals surface area (Å²) < 4.78 is 0. The minimum Gasteiger partial charge on any atom is -0.506 e. The van der Waals surface area contributed by atoms with Gasteiger partial charge in [-0.05, 0) is 6.92 Å². The van der Waals surface area contributed by atoms with Gasteiger partial charge in [0.1, 0.15) is 11.3 Å². The quantitative estimate of drug-likeness (QED) is 0.341. The molecule has 15 heavy (non-hydrogen) atoms. The van der Waals surface area contributed by atoms with Crippen LogP contribution >= 0.6 is 0 Å². The maximum atomic E-state index is 11.0. The predicted molar refractivity (Wildman–Crippen MR) is 54.3 cm³/mol. The van der Waals surface area contributed by atoms with Crippen molar-refractivity contribution in [3.63, 3.8) is 0 Å². The molecular formula is C11H10O4. The van der Waals surface area contributed by atoms with Gasteiger partial charge in [-0.25, -0.2) is 4.79 Å². The molecule has 0 aromatic heterocycles. The lowest BCUT2D eigenvalue weighted by molar-refractivity contribution is -0.134. The van der Waals surface area contributed by atoms with Crippen LogP contribution in [0.4, 0.5) is 0 Å². The Morgan fingerprint density at radius 3 is 2.00 bits per heavy atom. The van der Waals surface area contributed by atoms with Gasteiger partial charge in [0.15, 0.2) is 5.78 Å². The van der Waals surface area contributed by atoms with E-state index in [1.165, 1.54) is 12.1 Å². The number of hydrogen-bond acceptors (Lipinski definition) is 3. The van der Waals surface area contributed by atoms with E-state index in [0.29, 0.717) is 5.56 Å². The summed E-state index contributed by atoms with van der Waals surface area (Å²) in [5.74, 6) is -2.61. The summed E-state index contributed by atoms with van der Waals surface area (Å²) in [6, 6.07) is 8.07. The van der Waals surface area contributed by atoms with Gasteiger partial charge in [-0.1, -0.05) is 30.3 Å². The second-order valence-corrected chi connectivity index (χ2v) is 2.95. The average molecular weight is 206 g/mol. The molecule has 0 unspecified atom stereocenters. The second kappa shape index (κ2) is 4.41. The highest BCUT2D eigenvalue weighted by Gasteiger charge is 2.19. The molecule has 0 aliphatic carbocycles. The lowest BCUT2D eigenvalue weighted by atomic mass is 10.1. The van der Waals surface area contributed by atoms with E-state index in [9.17, 15) is 14.7 Å². The molecule has 4 heteroatoms. The monoisotopic (exact) mass is 206 g/mol. The molecule has 0 aliphatic heterocycles. The Bertz CT molecular complexity index is 401. The molecule has 0 heterocycles. The zero-order valence-electron chi connectivity index (χ0n) is 8.10. The van der Waals surface area contributed by atoms with E-state index in [0.717, 1.165) is 6.92 Å². The van der Waals surface area contributed by atoms with Crippen LogP contribution < -0.4 is 0 Å². The fraction of sp³-hybridized carbons (Fsp3) is 0.0909. The minimum atomic E-state index is -1.43. The molecule has 0 atom stereocenters. The first kappa shape index (κ1) is 11.0. The number of aliphatic hydroxyl groups excluding tert-OH is 1. The van der Waals surface area contributed by atoms with E-state index in [1.54, 1.807) is 18.2 Å². The number of rotatable bonds is 3. The summed E-state index contributed by atoms with van der Waals surface area (Å²) in [6.07, 6.45) is 0. The Kier molecular flexibility index (Phi) is 3.23. The van der Waals surface area contributed by atoms with Crippen LogP contribution in [-0.2, 0) is 9.59 Å². The Labute approximate surface area is 86.5 Å². The first-order valence-corrected chi connectivity index (χ1v) is 4.27. The SMILES string of the molecule is CC(=O)C(C(=O)O)=C(O)c1ccccc1. The maximum Gasteiger partial charge on any atom is 0.343 e. The summed E-state index contributed by atoms with van der Waals surface area (Å²) >= 11 is 0. The van der Waals surface area contributed by atoms with Crippen molar-refractivity contribution in [1.29, 1.82) is 0 Å². The number of carboxylic acids is 1. The van der Waals surface area contributed by atoms with Crippen molar-refractivity contribution in [2.75, 3.05) is 0 Å². The third-order valence-electron chi connectivity index (χ3n) is 1.85. The molecule has 0 spiro atoms. The van der Waals surface area contributed by atoms with Crippen LogP contribution in [0.2, 0.25) is 0 Å². The zero-order chi connectivity index (χ0) is 11.4. The molecule has 0 radical (unpaired) electrons. The van der Waals surface area contributed by atoms with E-state index >= 15 is 0 Å². The van der Waals surface area contributed by atoms with Gasteiger partial charge in [0.25, 0.3) is 0 Å². The van der Waals surface area contributed by atoms with Gasteiger partial charge < -0.3 is 10.2 Å². The first-order chi connectivity index (χ1) is 7.04. The number of Topliss-reactive ketones (excluding diaryl/α,β-unsaturated/α-hetero) is 1. The van der Waals surface area contributed by atoms with E-state index in [1.807, 2.05) is 0 Å². The number of aliphatic carboxylic acids is 1. The van der Waals surface area contributed by atoms with E-state index < -0.39 is 23.1 Å². The molecule has 78 valence electrons. The molecule has 0 amide bonds. The average Bonchev–Trinajstić information content (AvgIpc) is 2.18. The highest BCUT2D eigenvalue weighted by molar-refractivity contribution is 6.20. The molecule has 0 aliphatic rings. The Hall–Kier alpha value is -2.10. The second-order valence-electron chi connectivity index (χ2n) is 2.95. The molecule has 0 saturated carbocycles. The van der Waals surface area contributed by atoms with Crippen molar-refractivity contribution in [3.8, 4) is 0 Å². The summed E-state index contributed by atoms with van der Waals surface area (Å²) in [4.78, 5) is 21.7. The topological polar surface area (TPSA) is 74.6 Å². The van der Waals surface area contributed by atoms with Crippen molar-refractivity contribution in [1.82, 2.24) is 0 Å². The number of carbonyl (C=O) groups is 2. The molecule has 1 aromatic carbocycles. The minimum absolute atomic E-state index is 0.310. The number of carboxylic acid groups (broad SMARTS) is 1. The third kappa shape index (κ3) is 2.43. The lowest BCUT2D eigenvalue weighted by Gasteiger charge is -2.03. The standard InChI is InChI=1S/C11H10O4/c1-7(12)9(11(14)15)10(13)8-5-3-2-4-6-8/h2-6,13H,1H3,(H,14,15). The highest BCUT2D eigenvalue weighted by Crippen LogP contribution is 2.16. The van der Waals surface area contributed by atoms with Crippen molar-refractivity contribution >= 4 is 17.5 Å². The smallest absolute Gasteiger partial charge is 0.343 e. The summed E-state index contributed by atoms with van der Waals surface area (Å²) in [5.41, 5.74) is -0.286. The number of benzene rings is 1. The Balaban J connectivity index is 3.29. The zero-order valence-corrected chi connectivity index (χ0v) is 8.10. The molecule has 0 saturated heterocycles. The predicted octanol–water partition coefficient (Wildman–Crippen LogP) is 1.63. The van der Waals surface area contributed by atoms with Gasteiger partial charge in [-0.2, -0.15) is 0 Å². The Morgan fingerprint density at radius 1 is 1.07 bits per heavy atom. The van der Waals surface area contributed by atoms with Crippen LogP contribution in [0, 0.1) is 0 Å². The molecular weight excluding hydrogens is 196 g/mol. The van der Waals surface area contributed by atoms with Crippen LogP contribution in [0.1, 0.15) is 12.5 Å². The third-order valence-corrected chi connectivity index (χ3v) is 1.85. The Morgan fingerprint density at radius 2 is 1.60 bits per heavy atom. The van der Waals surface area contributed by atoms with Gasteiger partial charge in [-0.15, -0.1) is 0 Å². The molecule has 4 nitrogen and oxygen atoms in total. The van der Waals surface area contributed by atoms with Crippen molar-refractivity contribution < 1.29 is 19.8 Å². The molecule has 1 aromatic rings. The van der Waals surface area contributed by atoms with Gasteiger partial charge in [0.05, 0.1) is 0 Å². The van der Waals surface area contributed by atoms with Crippen LogP contribution in [-0.4, -0.2) is 22.0 Å². The van der Waals surface area contributed by atoms with Crippen molar-refractivity contribution in [2.24, 2.45) is 0 Å². The molecule has 0 bridgehead atoms. The van der Waals surface area contributed by atoms with E-state index in [2.05, 4.69) is 0 Å². The molecule has 1 rings (SSSR count). The van der Waals surface area contributed by atoms with Crippen molar-refractivity contribution in [2.45, 2.75) is 6.92 Å². The van der Waals surface area contributed by atoms with Gasteiger partial charge >= 0.3 is 5.97 Å². The summed E-state index contributed by atoms with van der Waals surface area (Å²) in [6.45, 7) is 1.10. The molecule has 0 fully saturated rings. The number of ketones is 1. The van der Waals surface area contributed by atoms with Crippen LogP contribution in [0.3, 0.4) is 0 Å². The van der Waals surface area contributed by atoms with E-state index in [-0.39, 0.29) is 0 Å².